The molecule has 0 aliphatic heterocycles. The largest absolute Gasteiger partial charge is 0.355 e. The van der Waals surface area contributed by atoms with Gasteiger partial charge in [0.1, 0.15) is 10.8 Å². The van der Waals surface area contributed by atoms with Crippen LogP contribution in [-0.4, -0.2) is 17.4 Å². The van der Waals surface area contributed by atoms with Gasteiger partial charge in [0.25, 0.3) is 0 Å². The molecular formula is C17H22FN3OS. The van der Waals surface area contributed by atoms with Crippen molar-refractivity contribution in [1.82, 2.24) is 10.3 Å². The van der Waals surface area contributed by atoms with Crippen molar-refractivity contribution >= 4 is 17.2 Å². The van der Waals surface area contributed by atoms with Crippen molar-refractivity contribution in [3.63, 3.8) is 0 Å². The number of rotatable bonds is 6. The average Bonchev–Trinajstić information content (AvgIpc) is 2.94. The lowest BCUT2D eigenvalue weighted by atomic mass is 9.84. The number of nitrogens with one attached hydrogen (secondary N) is 1. The van der Waals surface area contributed by atoms with Crippen LogP contribution in [0, 0.1) is 5.82 Å². The first-order valence-electron chi connectivity index (χ1n) is 7.51. The number of carbonyl (C=O) groups excluding carboxylic acids is 1. The van der Waals surface area contributed by atoms with Gasteiger partial charge in [-0.05, 0) is 18.6 Å². The minimum Gasteiger partial charge on any atom is -0.355 e. The average molecular weight is 335 g/mol. The van der Waals surface area contributed by atoms with E-state index in [0.29, 0.717) is 17.8 Å². The van der Waals surface area contributed by atoms with Gasteiger partial charge in [0.15, 0.2) is 0 Å². The van der Waals surface area contributed by atoms with E-state index in [2.05, 4.69) is 10.3 Å². The number of thiazole rings is 1. The molecule has 3 N–H and O–H groups in total. The van der Waals surface area contributed by atoms with Crippen LogP contribution in [0.5, 0.6) is 0 Å². The first-order chi connectivity index (χ1) is 10.8. The van der Waals surface area contributed by atoms with E-state index in [1.54, 1.807) is 18.2 Å². The third-order valence-electron chi connectivity index (χ3n) is 3.63. The Morgan fingerprint density at radius 3 is 2.74 bits per heavy atom. The second-order valence-electron chi connectivity index (χ2n) is 6.28. The Balaban J connectivity index is 1.94. The molecule has 2 aromatic rings. The van der Waals surface area contributed by atoms with E-state index in [-0.39, 0.29) is 24.2 Å². The molecule has 0 saturated carbocycles. The van der Waals surface area contributed by atoms with Gasteiger partial charge < -0.3 is 11.1 Å². The molecule has 4 nitrogen and oxygen atoms in total. The molecule has 1 unspecified atom stereocenters. The maximum atomic E-state index is 13.9. The van der Waals surface area contributed by atoms with Gasteiger partial charge in [0, 0.05) is 17.3 Å². The van der Waals surface area contributed by atoms with Gasteiger partial charge in [-0.2, -0.15) is 0 Å². The van der Waals surface area contributed by atoms with Crippen molar-refractivity contribution in [1.29, 1.82) is 0 Å². The highest BCUT2D eigenvalue weighted by Crippen LogP contribution is 2.24. The van der Waals surface area contributed by atoms with Crippen LogP contribution in [-0.2, 0) is 16.6 Å². The highest BCUT2D eigenvalue weighted by Gasteiger charge is 2.24. The van der Waals surface area contributed by atoms with Crippen LogP contribution in [0.4, 0.5) is 4.39 Å². The van der Waals surface area contributed by atoms with Crippen molar-refractivity contribution < 1.29 is 9.18 Å². The fraction of sp³-hybridized carbons (Fsp3) is 0.412. The Hall–Kier alpha value is -1.79. The van der Waals surface area contributed by atoms with Gasteiger partial charge in [0.2, 0.25) is 5.91 Å². The molecule has 124 valence electrons. The highest BCUT2D eigenvalue weighted by atomic mass is 32.1. The highest BCUT2D eigenvalue weighted by molar-refractivity contribution is 7.09. The number of nitrogens with two attached hydrogens (primary N) is 1. The molecule has 2 rings (SSSR count). The standard InChI is InChI=1S/C17H22FN3OS/c1-11(19)16-21-12(9-23-16)8-15(22)20-10-17(2,3)13-6-4-5-7-14(13)18/h4-7,9,11H,8,10,19H2,1-3H3,(H,20,22). The monoisotopic (exact) mass is 335 g/mol. The zero-order valence-corrected chi connectivity index (χ0v) is 14.4. The van der Waals surface area contributed by atoms with E-state index in [0.717, 1.165) is 5.01 Å². The Morgan fingerprint density at radius 2 is 2.13 bits per heavy atom. The first kappa shape index (κ1) is 17.6. The van der Waals surface area contributed by atoms with Crippen molar-refractivity contribution in [3.05, 3.63) is 51.7 Å². The van der Waals surface area contributed by atoms with Crippen LogP contribution in [0.15, 0.2) is 29.6 Å². The number of halogens is 1. The number of hydrogen-bond donors (Lipinski definition) is 2. The molecule has 0 saturated heterocycles. The van der Waals surface area contributed by atoms with E-state index in [4.69, 9.17) is 5.73 Å². The lowest BCUT2D eigenvalue weighted by molar-refractivity contribution is -0.120. The third-order valence-corrected chi connectivity index (χ3v) is 4.73. The van der Waals surface area contributed by atoms with Crippen LogP contribution in [0.2, 0.25) is 0 Å². The van der Waals surface area contributed by atoms with Gasteiger partial charge in [-0.25, -0.2) is 9.37 Å². The summed E-state index contributed by atoms with van der Waals surface area (Å²) >= 11 is 1.46. The van der Waals surface area contributed by atoms with Gasteiger partial charge in [0.05, 0.1) is 18.2 Å². The van der Waals surface area contributed by atoms with E-state index < -0.39 is 5.41 Å². The van der Waals surface area contributed by atoms with Gasteiger partial charge in [-0.15, -0.1) is 11.3 Å². The molecule has 1 amide bonds. The zero-order valence-electron chi connectivity index (χ0n) is 13.6. The van der Waals surface area contributed by atoms with Crippen LogP contribution < -0.4 is 11.1 Å². The van der Waals surface area contributed by atoms with E-state index in [1.807, 2.05) is 26.2 Å². The number of amides is 1. The van der Waals surface area contributed by atoms with Gasteiger partial charge in [-0.3, -0.25) is 4.79 Å². The zero-order chi connectivity index (χ0) is 17.0. The molecule has 1 aromatic carbocycles. The fourth-order valence-electron chi connectivity index (χ4n) is 2.26. The molecule has 1 aromatic heterocycles. The van der Waals surface area contributed by atoms with Crippen molar-refractivity contribution in [3.8, 4) is 0 Å². The number of benzene rings is 1. The Bertz CT molecular complexity index is 682. The Labute approximate surface area is 139 Å². The molecule has 6 heteroatoms. The lowest BCUT2D eigenvalue weighted by Crippen LogP contribution is -2.38. The van der Waals surface area contributed by atoms with Crippen molar-refractivity contribution in [2.75, 3.05) is 6.54 Å². The Morgan fingerprint density at radius 1 is 1.43 bits per heavy atom. The number of hydrogen-bond acceptors (Lipinski definition) is 4. The maximum absolute atomic E-state index is 13.9. The molecule has 0 fully saturated rings. The molecule has 23 heavy (non-hydrogen) atoms. The van der Waals surface area contributed by atoms with Crippen LogP contribution in [0.1, 0.15) is 43.1 Å². The summed E-state index contributed by atoms with van der Waals surface area (Å²) in [6.45, 7) is 6.03. The van der Waals surface area contributed by atoms with Gasteiger partial charge >= 0.3 is 0 Å². The second kappa shape index (κ2) is 7.19. The summed E-state index contributed by atoms with van der Waals surface area (Å²) in [5, 5.41) is 5.53. The van der Waals surface area contributed by atoms with E-state index in [9.17, 15) is 9.18 Å². The molecule has 1 heterocycles. The second-order valence-corrected chi connectivity index (χ2v) is 7.17. The molecule has 0 bridgehead atoms. The predicted molar refractivity (Wildman–Crippen MR) is 90.9 cm³/mol. The van der Waals surface area contributed by atoms with Crippen LogP contribution >= 0.6 is 11.3 Å². The lowest BCUT2D eigenvalue weighted by Gasteiger charge is -2.26. The predicted octanol–water partition coefficient (Wildman–Crippen LogP) is 2.94. The molecule has 0 aliphatic rings. The topological polar surface area (TPSA) is 68.0 Å². The summed E-state index contributed by atoms with van der Waals surface area (Å²) in [6, 6.07) is 6.51. The third kappa shape index (κ3) is 4.59. The van der Waals surface area contributed by atoms with Crippen molar-refractivity contribution in [2.45, 2.75) is 38.6 Å². The van der Waals surface area contributed by atoms with Crippen LogP contribution in [0.3, 0.4) is 0 Å². The summed E-state index contributed by atoms with van der Waals surface area (Å²) in [5.74, 6) is -0.385. The quantitative estimate of drug-likeness (QED) is 0.853. The molecule has 0 aliphatic carbocycles. The number of nitrogens with zero attached hydrogens (tertiary/aromatic N) is 1. The molecule has 0 radical (unpaired) electrons. The SMILES string of the molecule is CC(N)c1nc(CC(=O)NCC(C)(C)c2ccccc2F)cs1. The Kier molecular flexibility index (Phi) is 5.49. The number of aromatic nitrogens is 1. The smallest absolute Gasteiger partial charge is 0.226 e. The summed E-state index contributed by atoms with van der Waals surface area (Å²) < 4.78 is 13.9. The number of carbonyl (C=O) groups is 1. The normalized spacial score (nSPS) is 12.9. The summed E-state index contributed by atoms with van der Waals surface area (Å²) in [5.41, 5.74) is 6.58. The van der Waals surface area contributed by atoms with E-state index >= 15 is 0 Å². The van der Waals surface area contributed by atoms with Crippen LogP contribution in [0.25, 0.3) is 0 Å². The fourth-order valence-corrected chi connectivity index (χ4v) is 3.04. The minimum absolute atomic E-state index is 0.128. The first-order valence-corrected chi connectivity index (χ1v) is 8.39. The maximum Gasteiger partial charge on any atom is 0.226 e. The summed E-state index contributed by atoms with van der Waals surface area (Å²) in [6.07, 6.45) is 0.205. The molecule has 1 atom stereocenters. The van der Waals surface area contributed by atoms with Crippen molar-refractivity contribution in [2.24, 2.45) is 5.73 Å². The molecular weight excluding hydrogens is 313 g/mol. The summed E-state index contributed by atoms with van der Waals surface area (Å²) in [4.78, 5) is 16.4. The summed E-state index contributed by atoms with van der Waals surface area (Å²) in [7, 11) is 0. The van der Waals surface area contributed by atoms with Gasteiger partial charge in [-0.1, -0.05) is 32.0 Å². The molecule has 0 spiro atoms. The van der Waals surface area contributed by atoms with E-state index in [1.165, 1.54) is 17.4 Å². The minimum atomic E-state index is -0.486.